The van der Waals surface area contributed by atoms with Gasteiger partial charge in [0.15, 0.2) is 0 Å². The molecule has 0 amide bonds. The number of rotatable bonds is 9. The molecule has 3 heterocycles. The molecular weight excluding hydrogens is 436 g/mol. The molecule has 0 aromatic carbocycles. The van der Waals surface area contributed by atoms with Gasteiger partial charge in [-0.3, -0.25) is 0 Å². The molecule has 0 spiro atoms. The summed E-state index contributed by atoms with van der Waals surface area (Å²) >= 11 is 0. The molecule has 10 atom stereocenters. The van der Waals surface area contributed by atoms with Gasteiger partial charge in [0.05, 0.1) is 30.0 Å². The minimum Gasteiger partial charge on any atom is -0.458 e. The van der Waals surface area contributed by atoms with Crippen molar-refractivity contribution in [3.63, 3.8) is 0 Å². The summed E-state index contributed by atoms with van der Waals surface area (Å²) in [7, 11) is 0. The molecule has 0 radical (unpaired) electrons. The fraction of sp³-hybridized carbons (Fsp3) is 0.889. The lowest BCUT2D eigenvalue weighted by atomic mass is 9.56. The minimum atomic E-state index is -0.908. The SMILES string of the molecule is CC.CCC(C[C@@H](O)[C@@H]1O[C@H]1C[C@H]1C2=C(C(=O)OC2)[C@@H](O)C[C@]1(C)[C@]1(C)O[C@H]1[C@@H](C)O)C(C)C. The number of aliphatic hydroxyl groups excluding tert-OH is 3. The van der Waals surface area contributed by atoms with Gasteiger partial charge in [-0.1, -0.05) is 48.0 Å². The molecule has 0 aromatic heterocycles. The summed E-state index contributed by atoms with van der Waals surface area (Å²) < 4.78 is 17.3. The summed E-state index contributed by atoms with van der Waals surface area (Å²) in [6.07, 6.45) is 0.0529. The predicted molar refractivity (Wildman–Crippen MR) is 129 cm³/mol. The van der Waals surface area contributed by atoms with Gasteiger partial charge in [0, 0.05) is 5.41 Å². The van der Waals surface area contributed by atoms with Crippen molar-refractivity contribution in [1.82, 2.24) is 0 Å². The van der Waals surface area contributed by atoms with E-state index in [9.17, 15) is 20.1 Å². The average Bonchev–Trinajstić information content (AvgIpc) is 3.67. The number of cyclic esters (lactones) is 1. The van der Waals surface area contributed by atoms with Crippen molar-refractivity contribution in [3.8, 4) is 0 Å². The number of carbonyl (C=O) groups is 1. The van der Waals surface area contributed by atoms with Gasteiger partial charge in [0.1, 0.15) is 24.4 Å². The lowest BCUT2D eigenvalue weighted by Crippen LogP contribution is -2.50. The fourth-order valence-electron chi connectivity index (χ4n) is 6.57. The second-order valence-corrected chi connectivity index (χ2v) is 11.2. The molecule has 7 nitrogen and oxygen atoms in total. The van der Waals surface area contributed by atoms with Crippen LogP contribution in [0.1, 0.15) is 81.1 Å². The highest BCUT2D eigenvalue weighted by Crippen LogP contribution is 2.63. The Balaban J connectivity index is 0.00000158. The van der Waals surface area contributed by atoms with Crippen molar-refractivity contribution < 1.29 is 34.3 Å². The van der Waals surface area contributed by atoms with Crippen LogP contribution in [0.5, 0.6) is 0 Å². The fourth-order valence-corrected chi connectivity index (χ4v) is 6.57. The molecular formula is C27H46O7. The molecule has 1 aliphatic carbocycles. The summed E-state index contributed by atoms with van der Waals surface area (Å²) in [5.41, 5.74) is 0.0838. The standard InChI is InChI=1S/C25H40O7.C2H6/c1-7-14(12(2)3)8-17(27)21-19(31-21)9-16-15-11-30-23(29)20(15)18(28)10-24(16,5)25(6)22(32-25)13(4)26;1-2/h12-14,16-19,21-22,26-28H,7-11H2,1-6H3;1-2H3/t13-,14?,16+,17-,18+,19+,21+,22+,24+,25-;/m1./s1. The first-order valence-corrected chi connectivity index (χ1v) is 13.2. The first-order valence-electron chi connectivity index (χ1n) is 13.2. The zero-order valence-electron chi connectivity index (χ0n) is 22.2. The number of hydrogen-bond donors (Lipinski definition) is 3. The third-order valence-corrected chi connectivity index (χ3v) is 8.98. The van der Waals surface area contributed by atoms with Crippen LogP contribution in [0, 0.1) is 23.2 Å². The van der Waals surface area contributed by atoms with E-state index in [0.717, 1.165) is 18.4 Å². The van der Waals surface area contributed by atoms with Crippen LogP contribution < -0.4 is 0 Å². The maximum Gasteiger partial charge on any atom is 0.337 e. The Kier molecular flexibility index (Phi) is 8.26. The van der Waals surface area contributed by atoms with Gasteiger partial charge < -0.3 is 29.5 Å². The van der Waals surface area contributed by atoms with E-state index in [-0.39, 0.29) is 30.8 Å². The first-order chi connectivity index (χ1) is 15.9. The molecule has 3 aliphatic heterocycles. The molecule has 7 heteroatoms. The molecule has 34 heavy (non-hydrogen) atoms. The van der Waals surface area contributed by atoms with Crippen LogP contribution >= 0.6 is 0 Å². The van der Waals surface area contributed by atoms with E-state index in [4.69, 9.17) is 14.2 Å². The minimum absolute atomic E-state index is 0.102. The highest BCUT2D eigenvalue weighted by atomic mass is 16.6. The van der Waals surface area contributed by atoms with Crippen molar-refractivity contribution in [3.05, 3.63) is 11.1 Å². The van der Waals surface area contributed by atoms with E-state index in [1.807, 2.05) is 20.8 Å². The van der Waals surface area contributed by atoms with Crippen LogP contribution in [0.25, 0.3) is 0 Å². The average molecular weight is 483 g/mol. The lowest BCUT2D eigenvalue weighted by molar-refractivity contribution is -0.137. The quantitative estimate of drug-likeness (QED) is 0.341. The predicted octanol–water partition coefficient (Wildman–Crippen LogP) is 3.38. The monoisotopic (exact) mass is 482 g/mol. The highest BCUT2D eigenvalue weighted by molar-refractivity contribution is 5.93. The molecule has 4 aliphatic rings. The molecule has 3 N–H and O–H groups in total. The van der Waals surface area contributed by atoms with Crippen molar-refractivity contribution in [2.24, 2.45) is 23.2 Å². The Morgan fingerprint density at radius 3 is 2.32 bits per heavy atom. The molecule has 0 saturated carbocycles. The van der Waals surface area contributed by atoms with Gasteiger partial charge in [-0.25, -0.2) is 4.79 Å². The Morgan fingerprint density at radius 1 is 1.15 bits per heavy atom. The molecule has 196 valence electrons. The highest BCUT2D eigenvalue weighted by Gasteiger charge is 2.70. The molecule has 2 fully saturated rings. The van der Waals surface area contributed by atoms with E-state index < -0.39 is 35.3 Å². The van der Waals surface area contributed by atoms with Crippen molar-refractivity contribution in [2.75, 3.05) is 6.61 Å². The van der Waals surface area contributed by atoms with E-state index in [1.54, 1.807) is 6.92 Å². The summed E-state index contributed by atoms with van der Waals surface area (Å²) in [6, 6.07) is 0. The van der Waals surface area contributed by atoms with Gasteiger partial charge in [-0.15, -0.1) is 0 Å². The summed E-state index contributed by atoms with van der Waals surface area (Å²) in [4.78, 5) is 12.3. The van der Waals surface area contributed by atoms with Crippen LogP contribution in [0.3, 0.4) is 0 Å². The first kappa shape index (κ1) is 27.6. The third kappa shape index (κ3) is 4.71. The Morgan fingerprint density at radius 2 is 1.79 bits per heavy atom. The summed E-state index contributed by atoms with van der Waals surface area (Å²) in [5, 5.41) is 31.8. The zero-order chi connectivity index (χ0) is 25.6. The van der Waals surface area contributed by atoms with Crippen molar-refractivity contribution >= 4 is 5.97 Å². The third-order valence-electron chi connectivity index (χ3n) is 8.98. The van der Waals surface area contributed by atoms with Gasteiger partial charge in [0.25, 0.3) is 0 Å². The lowest BCUT2D eigenvalue weighted by Gasteiger charge is -2.46. The Bertz CT molecular complexity index is 777. The molecule has 4 rings (SSSR count). The van der Waals surface area contributed by atoms with Gasteiger partial charge in [0.2, 0.25) is 0 Å². The maximum atomic E-state index is 12.3. The molecule has 0 aromatic rings. The van der Waals surface area contributed by atoms with Crippen LogP contribution in [-0.2, 0) is 19.0 Å². The van der Waals surface area contributed by atoms with E-state index in [1.165, 1.54) is 0 Å². The smallest absolute Gasteiger partial charge is 0.337 e. The Hall–Kier alpha value is -0.990. The zero-order valence-corrected chi connectivity index (χ0v) is 22.2. The maximum absolute atomic E-state index is 12.3. The van der Waals surface area contributed by atoms with E-state index >= 15 is 0 Å². The van der Waals surface area contributed by atoms with Crippen LogP contribution in [-0.4, -0.2) is 70.1 Å². The summed E-state index contributed by atoms with van der Waals surface area (Å²) in [6.45, 7) is 16.5. The van der Waals surface area contributed by atoms with E-state index in [0.29, 0.717) is 30.3 Å². The van der Waals surface area contributed by atoms with Crippen LogP contribution in [0.15, 0.2) is 11.1 Å². The summed E-state index contributed by atoms with van der Waals surface area (Å²) in [5.74, 6) is 0.416. The molecule has 1 unspecified atom stereocenters. The van der Waals surface area contributed by atoms with Crippen LogP contribution in [0.4, 0.5) is 0 Å². The second kappa shape index (κ2) is 10.2. The number of aliphatic hydroxyl groups is 3. The van der Waals surface area contributed by atoms with Gasteiger partial charge >= 0.3 is 5.97 Å². The Labute approximate surface area is 204 Å². The van der Waals surface area contributed by atoms with Crippen LogP contribution in [0.2, 0.25) is 0 Å². The van der Waals surface area contributed by atoms with Gasteiger partial charge in [-0.2, -0.15) is 0 Å². The van der Waals surface area contributed by atoms with E-state index in [2.05, 4.69) is 27.7 Å². The normalized spacial score (nSPS) is 41.3. The molecule has 0 bridgehead atoms. The number of esters is 1. The van der Waals surface area contributed by atoms with Crippen molar-refractivity contribution in [1.29, 1.82) is 0 Å². The number of hydrogen-bond acceptors (Lipinski definition) is 7. The number of epoxide rings is 2. The van der Waals surface area contributed by atoms with Gasteiger partial charge in [-0.05, 0) is 56.4 Å². The van der Waals surface area contributed by atoms with Crippen molar-refractivity contribution in [2.45, 2.75) is 123 Å². The topological polar surface area (TPSA) is 112 Å². The molecule has 2 saturated heterocycles. The second-order valence-electron chi connectivity index (χ2n) is 11.2. The number of carbonyl (C=O) groups excluding carboxylic acids is 1. The largest absolute Gasteiger partial charge is 0.458 e. The number of ether oxygens (including phenoxy) is 3.